The molecule has 4 aromatic rings. The molecule has 9 heteroatoms. The van der Waals surface area contributed by atoms with Crippen LogP contribution in [0, 0.1) is 0 Å². The number of carbonyl (C=O) groups excluding carboxylic acids is 2. The van der Waals surface area contributed by atoms with E-state index in [0.717, 1.165) is 59.4 Å². The van der Waals surface area contributed by atoms with E-state index in [2.05, 4.69) is 58.0 Å². The Hall–Kier alpha value is -4.54. The number of para-hydroxylation sites is 2. The van der Waals surface area contributed by atoms with E-state index in [1.807, 2.05) is 42.5 Å². The van der Waals surface area contributed by atoms with Crippen molar-refractivity contribution in [1.29, 1.82) is 0 Å². The number of hydrogen-bond acceptors (Lipinski definition) is 7. The van der Waals surface area contributed by atoms with Crippen molar-refractivity contribution < 1.29 is 24.2 Å². The highest BCUT2D eigenvalue weighted by Gasteiger charge is 2.33. The summed E-state index contributed by atoms with van der Waals surface area (Å²) in [6, 6.07) is 31.5. The van der Waals surface area contributed by atoms with Gasteiger partial charge in [-0.15, -0.1) is 0 Å². The number of aliphatic hydroxyl groups is 1. The standard InChI is InChI=1S/C41H48N4O5/c42-36-11-4-5-12-37(36)44-40(48)14-8-13-39(47)43-26-33-9-2-3-10-35(33)30-19-21-32(22-20-30)41-49-34(27-45-23-6-1-7-24-45)25-38(50-41)31-17-15-29(28-46)16-18-31/h2-5,9-12,15-22,34,38,41,46H,1,6-8,13-14,23-28,42H2,(H,43,47)(H,44,48)/t34-,38+,41+/m1/s1. The summed E-state index contributed by atoms with van der Waals surface area (Å²) >= 11 is 0. The predicted molar refractivity (Wildman–Crippen MR) is 196 cm³/mol. The van der Waals surface area contributed by atoms with Gasteiger partial charge in [-0.05, 0) is 72.3 Å². The van der Waals surface area contributed by atoms with Gasteiger partial charge in [-0.3, -0.25) is 9.59 Å². The van der Waals surface area contributed by atoms with Gasteiger partial charge in [0.05, 0.1) is 30.2 Å². The number of ether oxygens (including phenoxy) is 2. The van der Waals surface area contributed by atoms with Crippen LogP contribution in [0.5, 0.6) is 0 Å². The van der Waals surface area contributed by atoms with Crippen molar-refractivity contribution in [2.24, 2.45) is 0 Å². The zero-order chi connectivity index (χ0) is 34.7. The quantitative estimate of drug-likeness (QED) is 0.114. The molecule has 2 saturated heterocycles. The van der Waals surface area contributed by atoms with E-state index in [1.54, 1.807) is 12.1 Å². The van der Waals surface area contributed by atoms with Crippen molar-refractivity contribution in [2.45, 2.75) is 76.6 Å². The number of aliphatic hydroxyl groups excluding tert-OH is 1. The number of nitrogens with zero attached hydrogens (tertiary/aromatic N) is 1. The molecule has 3 atom stereocenters. The number of anilines is 2. The number of hydrogen-bond donors (Lipinski definition) is 4. The SMILES string of the molecule is Nc1ccccc1NC(=O)CCCC(=O)NCc1ccccc1-c1ccc([C@H]2O[C@@H](CN3CCCCC3)C[C@@H](c3ccc(CO)cc3)O2)cc1. The lowest BCUT2D eigenvalue weighted by molar-refractivity contribution is -0.253. The number of rotatable bonds is 13. The normalized spacial score (nSPS) is 19.5. The molecule has 0 aliphatic carbocycles. The highest BCUT2D eigenvalue weighted by molar-refractivity contribution is 5.94. The molecule has 2 aliphatic heterocycles. The van der Waals surface area contributed by atoms with Gasteiger partial charge in [0.15, 0.2) is 6.29 Å². The first kappa shape index (κ1) is 35.3. The maximum Gasteiger partial charge on any atom is 0.224 e. The zero-order valence-electron chi connectivity index (χ0n) is 28.6. The lowest BCUT2D eigenvalue weighted by atomic mass is 9.97. The van der Waals surface area contributed by atoms with Gasteiger partial charge >= 0.3 is 0 Å². The fourth-order valence-corrected chi connectivity index (χ4v) is 6.75. The minimum absolute atomic E-state index is 0.0170. The monoisotopic (exact) mass is 676 g/mol. The Morgan fingerprint density at radius 2 is 1.50 bits per heavy atom. The Balaban J connectivity index is 1.07. The van der Waals surface area contributed by atoms with Crippen LogP contribution < -0.4 is 16.4 Å². The Labute approximate surface area is 294 Å². The van der Waals surface area contributed by atoms with Crippen molar-refractivity contribution in [3.8, 4) is 11.1 Å². The molecule has 2 heterocycles. The van der Waals surface area contributed by atoms with Crippen LogP contribution in [0.15, 0.2) is 97.1 Å². The van der Waals surface area contributed by atoms with Gasteiger partial charge in [0.25, 0.3) is 0 Å². The summed E-state index contributed by atoms with van der Waals surface area (Å²) < 4.78 is 13.2. The lowest BCUT2D eigenvalue weighted by Gasteiger charge is -2.39. The summed E-state index contributed by atoms with van der Waals surface area (Å²) in [6.45, 7) is 3.50. The zero-order valence-corrected chi connectivity index (χ0v) is 28.6. The number of nitrogens with two attached hydrogens (primary N) is 1. The van der Waals surface area contributed by atoms with E-state index in [4.69, 9.17) is 15.2 Å². The summed E-state index contributed by atoms with van der Waals surface area (Å²) in [5.41, 5.74) is 13.0. The highest BCUT2D eigenvalue weighted by atomic mass is 16.7. The Bertz CT molecular complexity index is 1710. The molecule has 0 spiro atoms. The van der Waals surface area contributed by atoms with E-state index in [9.17, 15) is 14.7 Å². The number of carbonyl (C=O) groups is 2. The summed E-state index contributed by atoms with van der Waals surface area (Å²) in [5, 5.41) is 15.4. The van der Waals surface area contributed by atoms with Gasteiger partial charge in [-0.2, -0.15) is 0 Å². The third-order valence-electron chi connectivity index (χ3n) is 9.56. The van der Waals surface area contributed by atoms with Crippen LogP contribution in [0.2, 0.25) is 0 Å². The van der Waals surface area contributed by atoms with E-state index < -0.39 is 6.29 Å². The minimum atomic E-state index is -0.503. The fourth-order valence-electron chi connectivity index (χ4n) is 6.75. The molecule has 4 aromatic carbocycles. The van der Waals surface area contributed by atoms with Crippen LogP contribution in [0.25, 0.3) is 11.1 Å². The molecule has 6 rings (SSSR count). The Morgan fingerprint density at radius 1 is 0.800 bits per heavy atom. The van der Waals surface area contributed by atoms with Gasteiger partial charge in [0.2, 0.25) is 11.8 Å². The first-order valence-corrected chi connectivity index (χ1v) is 17.8. The summed E-state index contributed by atoms with van der Waals surface area (Å²) in [7, 11) is 0. The second-order valence-corrected chi connectivity index (χ2v) is 13.3. The average Bonchev–Trinajstić information content (AvgIpc) is 3.15. The van der Waals surface area contributed by atoms with Crippen LogP contribution in [-0.4, -0.2) is 47.6 Å². The lowest BCUT2D eigenvalue weighted by Crippen LogP contribution is -2.41. The molecule has 2 fully saturated rings. The predicted octanol–water partition coefficient (Wildman–Crippen LogP) is 6.88. The average molecular weight is 677 g/mol. The Morgan fingerprint density at radius 3 is 2.26 bits per heavy atom. The second kappa shape index (κ2) is 17.4. The van der Waals surface area contributed by atoms with E-state index in [0.29, 0.717) is 24.3 Å². The number of nitrogen functional groups attached to an aromatic ring is 1. The van der Waals surface area contributed by atoms with Crippen molar-refractivity contribution >= 4 is 23.2 Å². The third-order valence-corrected chi connectivity index (χ3v) is 9.56. The van der Waals surface area contributed by atoms with Crippen LogP contribution in [0.4, 0.5) is 11.4 Å². The molecular weight excluding hydrogens is 628 g/mol. The fraction of sp³-hybridized carbons (Fsp3) is 0.366. The Kier molecular flexibility index (Phi) is 12.3. The molecule has 50 heavy (non-hydrogen) atoms. The molecule has 2 amide bonds. The molecule has 262 valence electrons. The summed E-state index contributed by atoms with van der Waals surface area (Å²) in [6.07, 6.45) is 4.87. The van der Waals surface area contributed by atoms with Gasteiger partial charge in [0, 0.05) is 37.9 Å². The molecule has 0 radical (unpaired) electrons. The number of piperidine rings is 1. The maximum atomic E-state index is 12.7. The number of amides is 2. The van der Waals surface area contributed by atoms with Crippen molar-refractivity contribution in [2.75, 3.05) is 30.7 Å². The largest absolute Gasteiger partial charge is 0.397 e. The van der Waals surface area contributed by atoms with Crippen LogP contribution in [0.3, 0.4) is 0 Å². The van der Waals surface area contributed by atoms with Crippen LogP contribution in [-0.2, 0) is 32.2 Å². The van der Waals surface area contributed by atoms with E-state index in [1.165, 1.54) is 19.3 Å². The number of nitrogens with one attached hydrogen (secondary N) is 2. The van der Waals surface area contributed by atoms with Gasteiger partial charge in [0.1, 0.15) is 0 Å². The van der Waals surface area contributed by atoms with Gasteiger partial charge in [-0.25, -0.2) is 0 Å². The molecule has 5 N–H and O–H groups in total. The topological polar surface area (TPSA) is 126 Å². The molecular formula is C41H48N4O5. The van der Waals surface area contributed by atoms with Crippen molar-refractivity contribution in [3.05, 3.63) is 119 Å². The molecule has 0 bridgehead atoms. The maximum absolute atomic E-state index is 12.7. The third kappa shape index (κ3) is 9.57. The molecule has 0 saturated carbocycles. The first-order chi connectivity index (χ1) is 24.4. The van der Waals surface area contributed by atoms with Crippen LogP contribution >= 0.6 is 0 Å². The van der Waals surface area contributed by atoms with Crippen molar-refractivity contribution in [1.82, 2.24) is 10.2 Å². The highest BCUT2D eigenvalue weighted by Crippen LogP contribution is 2.39. The molecule has 9 nitrogen and oxygen atoms in total. The number of benzene rings is 4. The van der Waals surface area contributed by atoms with Gasteiger partial charge in [-0.1, -0.05) is 91.3 Å². The number of likely N-dealkylation sites (tertiary alicyclic amines) is 1. The van der Waals surface area contributed by atoms with E-state index in [-0.39, 0.29) is 43.5 Å². The summed E-state index contributed by atoms with van der Waals surface area (Å²) in [4.78, 5) is 27.5. The van der Waals surface area contributed by atoms with Gasteiger partial charge < -0.3 is 35.8 Å². The van der Waals surface area contributed by atoms with Crippen molar-refractivity contribution in [3.63, 3.8) is 0 Å². The van der Waals surface area contributed by atoms with Crippen LogP contribution in [0.1, 0.15) is 79.6 Å². The smallest absolute Gasteiger partial charge is 0.224 e. The summed E-state index contributed by atoms with van der Waals surface area (Å²) in [5.74, 6) is -0.272. The minimum Gasteiger partial charge on any atom is -0.397 e. The molecule has 2 aliphatic rings. The molecule has 0 aromatic heterocycles. The second-order valence-electron chi connectivity index (χ2n) is 13.3. The first-order valence-electron chi connectivity index (χ1n) is 17.8. The molecule has 0 unspecified atom stereocenters. The van der Waals surface area contributed by atoms with E-state index >= 15 is 0 Å².